The molecule has 2 aromatic rings. The Morgan fingerprint density at radius 3 is 2.29 bits per heavy atom. The van der Waals surface area contributed by atoms with Crippen LogP contribution in [0.4, 0.5) is 0 Å². The Kier molecular flexibility index (Phi) is 6.11. The van der Waals surface area contributed by atoms with Crippen LogP contribution in [-0.2, 0) is 9.59 Å². The fraction of sp³-hybridized carbons (Fsp3) is 0.524. The third kappa shape index (κ3) is 4.24. The van der Waals surface area contributed by atoms with Crippen molar-refractivity contribution in [2.75, 3.05) is 20.1 Å². The van der Waals surface area contributed by atoms with Crippen molar-refractivity contribution >= 4 is 11.8 Å². The zero-order valence-electron chi connectivity index (χ0n) is 17.1. The quantitative estimate of drug-likeness (QED) is 0.796. The third-order valence-electron chi connectivity index (χ3n) is 5.64. The van der Waals surface area contributed by atoms with Crippen LogP contribution in [0.2, 0.25) is 0 Å². The van der Waals surface area contributed by atoms with E-state index in [-0.39, 0.29) is 29.7 Å². The van der Waals surface area contributed by atoms with Gasteiger partial charge in [0.15, 0.2) is 0 Å². The maximum Gasteiger partial charge on any atom is 0.226 e. The van der Waals surface area contributed by atoms with Crippen LogP contribution >= 0.6 is 0 Å². The predicted molar refractivity (Wildman–Crippen MR) is 107 cm³/mol. The first kappa shape index (κ1) is 20.0. The van der Waals surface area contributed by atoms with Crippen molar-refractivity contribution in [1.29, 1.82) is 0 Å². The number of amides is 2. The average Bonchev–Trinajstić information content (AvgIpc) is 3.26. The molecule has 1 atom stereocenters. The number of rotatable bonds is 5. The number of carbonyl (C=O) groups excluding carboxylic acids is 2. The first-order valence-electron chi connectivity index (χ1n) is 9.89. The van der Waals surface area contributed by atoms with E-state index < -0.39 is 0 Å². The van der Waals surface area contributed by atoms with Gasteiger partial charge < -0.3 is 9.80 Å². The lowest BCUT2D eigenvalue weighted by Gasteiger charge is -2.35. The summed E-state index contributed by atoms with van der Waals surface area (Å²) in [5.41, 5.74) is 2.01. The standard InChI is InChI=1S/C21H29N5O2/c1-15(2)20(27)25-11-9-18(10-12-25)21(28)24(4)16(3)17-5-7-19(8-6-17)26-14-22-13-23-26/h5-8,13-16,18H,9-12H2,1-4H3. The van der Waals surface area contributed by atoms with Gasteiger partial charge >= 0.3 is 0 Å². The molecule has 1 aliphatic heterocycles. The molecule has 1 saturated heterocycles. The summed E-state index contributed by atoms with van der Waals surface area (Å²) in [5, 5.41) is 4.13. The number of piperidine rings is 1. The van der Waals surface area contributed by atoms with E-state index in [9.17, 15) is 9.59 Å². The molecule has 7 heteroatoms. The van der Waals surface area contributed by atoms with Crippen molar-refractivity contribution < 1.29 is 9.59 Å². The van der Waals surface area contributed by atoms with E-state index in [2.05, 4.69) is 10.1 Å². The summed E-state index contributed by atoms with van der Waals surface area (Å²) in [4.78, 5) is 32.8. The molecule has 0 N–H and O–H groups in total. The Balaban J connectivity index is 1.59. The number of likely N-dealkylation sites (tertiary alicyclic amines) is 1. The van der Waals surface area contributed by atoms with E-state index >= 15 is 0 Å². The highest BCUT2D eigenvalue weighted by molar-refractivity contribution is 5.81. The van der Waals surface area contributed by atoms with Gasteiger partial charge in [0, 0.05) is 32.0 Å². The second kappa shape index (κ2) is 8.54. The summed E-state index contributed by atoms with van der Waals surface area (Å²) in [6, 6.07) is 7.99. The van der Waals surface area contributed by atoms with Crippen LogP contribution in [-0.4, -0.2) is 56.5 Å². The van der Waals surface area contributed by atoms with Crippen LogP contribution in [0.3, 0.4) is 0 Å². The van der Waals surface area contributed by atoms with Gasteiger partial charge in [-0.05, 0) is 37.5 Å². The minimum atomic E-state index is -0.0207. The Morgan fingerprint density at radius 1 is 1.11 bits per heavy atom. The number of aromatic nitrogens is 3. The SMILES string of the molecule is CC(C)C(=O)N1CCC(C(=O)N(C)C(C)c2ccc(-n3cncn3)cc2)CC1. The first-order valence-corrected chi connectivity index (χ1v) is 9.89. The fourth-order valence-corrected chi connectivity index (χ4v) is 3.66. The second-order valence-corrected chi connectivity index (χ2v) is 7.81. The van der Waals surface area contributed by atoms with Crippen LogP contribution < -0.4 is 0 Å². The molecule has 0 radical (unpaired) electrons. The highest BCUT2D eigenvalue weighted by Gasteiger charge is 2.31. The lowest BCUT2D eigenvalue weighted by atomic mass is 9.93. The minimum absolute atomic E-state index is 0.00967. The van der Waals surface area contributed by atoms with Crippen molar-refractivity contribution in [2.24, 2.45) is 11.8 Å². The molecule has 1 fully saturated rings. The van der Waals surface area contributed by atoms with E-state index in [0.717, 1.165) is 24.1 Å². The Bertz CT molecular complexity index is 793. The topological polar surface area (TPSA) is 71.3 Å². The molecule has 1 aromatic heterocycles. The monoisotopic (exact) mass is 383 g/mol. The zero-order valence-corrected chi connectivity index (χ0v) is 17.1. The number of hydrogen-bond acceptors (Lipinski definition) is 4. The Hall–Kier alpha value is -2.70. The minimum Gasteiger partial charge on any atom is -0.342 e. The van der Waals surface area contributed by atoms with E-state index in [1.165, 1.54) is 6.33 Å². The second-order valence-electron chi connectivity index (χ2n) is 7.81. The lowest BCUT2D eigenvalue weighted by molar-refractivity contribution is -0.142. The van der Waals surface area contributed by atoms with Crippen molar-refractivity contribution in [3.8, 4) is 5.69 Å². The van der Waals surface area contributed by atoms with Crippen LogP contribution in [0, 0.1) is 11.8 Å². The number of carbonyl (C=O) groups is 2. The first-order chi connectivity index (χ1) is 13.4. The van der Waals surface area contributed by atoms with Gasteiger partial charge in [-0.2, -0.15) is 5.10 Å². The maximum absolute atomic E-state index is 13.0. The van der Waals surface area contributed by atoms with Gasteiger partial charge in [-0.3, -0.25) is 9.59 Å². The van der Waals surface area contributed by atoms with E-state index in [4.69, 9.17) is 0 Å². The number of nitrogens with zero attached hydrogens (tertiary/aromatic N) is 5. The van der Waals surface area contributed by atoms with Crippen LogP contribution in [0.15, 0.2) is 36.9 Å². The molecule has 0 aliphatic carbocycles. The number of hydrogen-bond donors (Lipinski definition) is 0. The highest BCUT2D eigenvalue weighted by atomic mass is 16.2. The van der Waals surface area contributed by atoms with E-state index in [0.29, 0.717) is 13.1 Å². The summed E-state index contributed by atoms with van der Waals surface area (Å²) in [6.07, 6.45) is 4.63. The van der Waals surface area contributed by atoms with Crippen LogP contribution in [0.1, 0.15) is 45.2 Å². The molecule has 1 aliphatic rings. The molecule has 150 valence electrons. The van der Waals surface area contributed by atoms with Gasteiger partial charge in [0.05, 0.1) is 11.7 Å². The largest absolute Gasteiger partial charge is 0.342 e. The summed E-state index contributed by atoms with van der Waals surface area (Å²) < 4.78 is 1.70. The van der Waals surface area contributed by atoms with Gasteiger partial charge in [0.2, 0.25) is 11.8 Å². The fourth-order valence-electron chi connectivity index (χ4n) is 3.66. The highest BCUT2D eigenvalue weighted by Crippen LogP contribution is 2.26. The van der Waals surface area contributed by atoms with Gasteiger partial charge in [0.1, 0.15) is 12.7 Å². The molecule has 0 bridgehead atoms. The molecular formula is C21H29N5O2. The molecule has 1 unspecified atom stereocenters. The van der Waals surface area contributed by atoms with Crippen molar-refractivity contribution in [1.82, 2.24) is 24.6 Å². The van der Waals surface area contributed by atoms with Crippen molar-refractivity contribution in [3.05, 3.63) is 42.5 Å². The molecule has 2 amide bonds. The van der Waals surface area contributed by atoms with Gasteiger partial charge in [-0.15, -0.1) is 0 Å². The van der Waals surface area contributed by atoms with Gasteiger partial charge in [0.25, 0.3) is 0 Å². The van der Waals surface area contributed by atoms with Gasteiger partial charge in [-0.1, -0.05) is 26.0 Å². The lowest BCUT2D eigenvalue weighted by Crippen LogP contribution is -2.45. The summed E-state index contributed by atoms with van der Waals surface area (Å²) >= 11 is 0. The Morgan fingerprint density at radius 2 is 1.75 bits per heavy atom. The number of benzene rings is 1. The van der Waals surface area contributed by atoms with Crippen LogP contribution in [0.5, 0.6) is 0 Å². The molecule has 0 spiro atoms. The molecular weight excluding hydrogens is 354 g/mol. The van der Waals surface area contributed by atoms with Gasteiger partial charge in [-0.25, -0.2) is 9.67 Å². The van der Waals surface area contributed by atoms with E-state index in [1.807, 2.05) is 61.9 Å². The van der Waals surface area contributed by atoms with E-state index in [1.54, 1.807) is 11.0 Å². The maximum atomic E-state index is 13.0. The van der Waals surface area contributed by atoms with Crippen molar-refractivity contribution in [2.45, 2.75) is 39.7 Å². The summed E-state index contributed by atoms with van der Waals surface area (Å²) in [7, 11) is 1.87. The molecule has 3 rings (SSSR count). The predicted octanol–water partition coefficient (Wildman–Crippen LogP) is 2.68. The molecule has 28 heavy (non-hydrogen) atoms. The average molecular weight is 383 g/mol. The molecule has 7 nitrogen and oxygen atoms in total. The van der Waals surface area contributed by atoms with Crippen molar-refractivity contribution in [3.63, 3.8) is 0 Å². The molecule has 0 saturated carbocycles. The normalized spacial score (nSPS) is 16.2. The molecule has 2 heterocycles. The zero-order chi connectivity index (χ0) is 20.3. The summed E-state index contributed by atoms with van der Waals surface area (Å²) in [6.45, 7) is 7.22. The molecule has 1 aromatic carbocycles. The smallest absolute Gasteiger partial charge is 0.226 e. The summed E-state index contributed by atoms with van der Waals surface area (Å²) in [5.74, 6) is 0.332. The Labute approximate surface area is 166 Å². The van der Waals surface area contributed by atoms with Crippen LogP contribution in [0.25, 0.3) is 5.69 Å². The third-order valence-corrected chi connectivity index (χ3v) is 5.64.